The normalized spacial score (nSPS) is 10.5. The molecule has 0 aromatic heterocycles. The zero-order valence-corrected chi connectivity index (χ0v) is 14.6. The molecule has 0 aliphatic heterocycles. The first kappa shape index (κ1) is 17.5. The first-order valence-corrected chi connectivity index (χ1v) is 7.85. The molecule has 0 aliphatic rings. The number of halogens is 1. The molecule has 24 heavy (non-hydrogen) atoms. The number of nitriles is 1. The summed E-state index contributed by atoms with van der Waals surface area (Å²) in [5.41, 5.74) is 1.57. The molecule has 118 valence electrons. The second kappa shape index (κ2) is 8.14. The number of hydrogen-bond donors (Lipinski definition) is 0. The van der Waals surface area contributed by atoms with Crippen LogP contribution in [0.5, 0.6) is 5.75 Å². The minimum absolute atomic E-state index is 0.0544. The summed E-state index contributed by atoms with van der Waals surface area (Å²) in [5.74, 6) is 3.07. The summed E-state index contributed by atoms with van der Waals surface area (Å²) in [7, 11) is 0. The molecule has 2 aromatic carbocycles. The molecule has 0 saturated carbocycles. The quantitative estimate of drug-likeness (QED) is 0.177. The van der Waals surface area contributed by atoms with Crippen LogP contribution in [-0.4, -0.2) is 11.5 Å². The van der Waals surface area contributed by atoms with Gasteiger partial charge in [-0.3, -0.25) is 10.1 Å². The highest BCUT2D eigenvalue weighted by atomic mass is 127. The van der Waals surface area contributed by atoms with Crippen molar-refractivity contribution in [1.29, 1.82) is 5.26 Å². The first-order chi connectivity index (χ1) is 11.5. The number of terminal acetylenes is 1. The molecule has 2 rings (SSSR count). The summed E-state index contributed by atoms with van der Waals surface area (Å²) in [6.45, 7) is 0.183. The molecule has 0 amide bonds. The maximum atomic E-state index is 10.9. The van der Waals surface area contributed by atoms with Crippen molar-refractivity contribution < 1.29 is 9.66 Å². The average Bonchev–Trinajstić information content (AvgIpc) is 2.59. The molecule has 0 N–H and O–H groups in total. The van der Waals surface area contributed by atoms with Crippen LogP contribution in [0.25, 0.3) is 11.6 Å². The second-order valence-corrected chi connectivity index (χ2v) is 5.82. The van der Waals surface area contributed by atoms with Gasteiger partial charge in [0.2, 0.25) is 0 Å². The molecule has 0 spiro atoms. The van der Waals surface area contributed by atoms with Crippen LogP contribution < -0.4 is 4.74 Å². The predicted molar refractivity (Wildman–Crippen MR) is 100 cm³/mol. The highest BCUT2D eigenvalue weighted by Crippen LogP contribution is 2.26. The third kappa shape index (κ3) is 4.34. The van der Waals surface area contributed by atoms with E-state index in [1.165, 1.54) is 12.1 Å². The van der Waals surface area contributed by atoms with Gasteiger partial charge in [0.1, 0.15) is 12.4 Å². The molecular formula is C18H11IN2O3. The SMILES string of the molecule is C#CCOc1ccc(C=C(C#N)c2cccc([N+](=O)[O-])c2)cc1I. The van der Waals surface area contributed by atoms with Gasteiger partial charge in [0.25, 0.3) is 5.69 Å². The van der Waals surface area contributed by atoms with Gasteiger partial charge in [0, 0.05) is 12.1 Å². The lowest BCUT2D eigenvalue weighted by atomic mass is 10.0. The molecule has 0 radical (unpaired) electrons. The third-order valence-electron chi connectivity index (χ3n) is 3.07. The Labute approximate surface area is 152 Å². The van der Waals surface area contributed by atoms with Crippen LogP contribution in [0.15, 0.2) is 42.5 Å². The van der Waals surface area contributed by atoms with Crippen molar-refractivity contribution in [2.45, 2.75) is 0 Å². The highest BCUT2D eigenvalue weighted by Gasteiger charge is 2.09. The molecule has 0 heterocycles. The molecule has 0 unspecified atom stereocenters. The van der Waals surface area contributed by atoms with E-state index in [0.29, 0.717) is 16.9 Å². The Hall–Kier alpha value is -2.84. The minimum Gasteiger partial charge on any atom is -0.480 e. The molecule has 2 aromatic rings. The summed E-state index contributed by atoms with van der Waals surface area (Å²) >= 11 is 2.12. The van der Waals surface area contributed by atoms with Crippen molar-refractivity contribution >= 4 is 39.9 Å². The maximum absolute atomic E-state index is 10.9. The summed E-state index contributed by atoms with van der Waals surface area (Å²) in [5, 5.41) is 20.2. The molecule has 0 atom stereocenters. The van der Waals surface area contributed by atoms with Gasteiger partial charge in [-0.15, -0.1) is 6.42 Å². The summed E-state index contributed by atoms with van der Waals surface area (Å²) in [6.07, 6.45) is 6.84. The Morgan fingerprint density at radius 1 is 1.38 bits per heavy atom. The summed E-state index contributed by atoms with van der Waals surface area (Å²) < 4.78 is 6.25. The van der Waals surface area contributed by atoms with E-state index in [4.69, 9.17) is 11.2 Å². The van der Waals surface area contributed by atoms with Crippen molar-refractivity contribution in [1.82, 2.24) is 0 Å². The van der Waals surface area contributed by atoms with E-state index >= 15 is 0 Å². The number of ether oxygens (including phenoxy) is 1. The molecule has 6 heteroatoms. The minimum atomic E-state index is -0.487. The van der Waals surface area contributed by atoms with Gasteiger partial charge >= 0.3 is 0 Å². The second-order valence-electron chi connectivity index (χ2n) is 4.66. The lowest BCUT2D eigenvalue weighted by Crippen LogP contribution is -1.95. The number of benzene rings is 2. The number of allylic oxidation sites excluding steroid dienone is 1. The largest absolute Gasteiger partial charge is 0.480 e. The van der Waals surface area contributed by atoms with Gasteiger partial charge in [-0.25, -0.2) is 0 Å². The van der Waals surface area contributed by atoms with Crippen LogP contribution in [-0.2, 0) is 0 Å². The van der Waals surface area contributed by atoms with Crippen molar-refractivity contribution in [2.75, 3.05) is 6.61 Å². The molecule has 5 nitrogen and oxygen atoms in total. The fraction of sp³-hybridized carbons (Fsp3) is 0.0556. The van der Waals surface area contributed by atoms with Crippen molar-refractivity contribution in [3.63, 3.8) is 0 Å². The number of non-ortho nitro benzene ring substituents is 1. The lowest BCUT2D eigenvalue weighted by molar-refractivity contribution is -0.384. The number of nitro groups is 1. The Morgan fingerprint density at radius 2 is 2.17 bits per heavy atom. The molecule has 0 bridgehead atoms. The number of nitro benzene ring substituents is 1. The fourth-order valence-corrected chi connectivity index (χ4v) is 2.67. The van der Waals surface area contributed by atoms with E-state index in [2.05, 4.69) is 34.6 Å². The predicted octanol–water partition coefficient (Wildman–Crippen LogP) is 4.28. The summed E-state index contributed by atoms with van der Waals surface area (Å²) in [4.78, 5) is 10.4. The van der Waals surface area contributed by atoms with Gasteiger partial charge in [-0.2, -0.15) is 5.26 Å². The van der Waals surface area contributed by atoms with Gasteiger partial charge in [-0.1, -0.05) is 24.1 Å². The number of hydrogen-bond acceptors (Lipinski definition) is 4. The third-order valence-corrected chi connectivity index (χ3v) is 3.91. The fourth-order valence-electron chi connectivity index (χ4n) is 1.98. The van der Waals surface area contributed by atoms with Crippen molar-refractivity contribution in [2.24, 2.45) is 0 Å². The topological polar surface area (TPSA) is 76.2 Å². The van der Waals surface area contributed by atoms with Crippen molar-refractivity contribution in [3.8, 4) is 24.2 Å². The molecule has 0 fully saturated rings. The van der Waals surface area contributed by atoms with E-state index in [0.717, 1.165) is 9.13 Å². The molecule has 0 saturated heterocycles. The smallest absolute Gasteiger partial charge is 0.270 e. The van der Waals surface area contributed by atoms with Crippen LogP contribution in [0.4, 0.5) is 5.69 Å². The van der Waals surface area contributed by atoms with Crippen LogP contribution in [0.3, 0.4) is 0 Å². The Kier molecular flexibility index (Phi) is 5.94. The van der Waals surface area contributed by atoms with Gasteiger partial charge < -0.3 is 4.74 Å². The molecule has 0 aliphatic carbocycles. The number of nitrogens with zero attached hydrogens (tertiary/aromatic N) is 2. The number of rotatable bonds is 5. The Bertz CT molecular complexity index is 892. The standard InChI is InChI=1S/C18H11IN2O3/c1-2-8-24-18-7-6-13(10-17(18)19)9-15(12-20)14-4-3-5-16(11-14)21(22)23/h1,3-7,9-11H,8H2. The van der Waals surface area contributed by atoms with E-state index < -0.39 is 4.92 Å². The average molecular weight is 430 g/mol. The van der Waals surface area contributed by atoms with Crippen LogP contribution in [0.2, 0.25) is 0 Å². The van der Waals surface area contributed by atoms with Crippen LogP contribution in [0, 0.1) is 37.4 Å². The lowest BCUT2D eigenvalue weighted by Gasteiger charge is -2.06. The van der Waals surface area contributed by atoms with Crippen LogP contribution >= 0.6 is 22.6 Å². The zero-order chi connectivity index (χ0) is 17.5. The van der Waals surface area contributed by atoms with Gasteiger partial charge in [0.15, 0.2) is 0 Å². The van der Waals surface area contributed by atoms with E-state index in [1.54, 1.807) is 30.3 Å². The Morgan fingerprint density at radius 3 is 2.79 bits per heavy atom. The van der Waals surface area contributed by atoms with Crippen molar-refractivity contribution in [3.05, 3.63) is 67.3 Å². The van der Waals surface area contributed by atoms with Crippen LogP contribution in [0.1, 0.15) is 11.1 Å². The Balaban J connectivity index is 2.36. The first-order valence-electron chi connectivity index (χ1n) is 6.77. The maximum Gasteiger partial charge on any atom is 0.270 e. The van der Waals surface area contributed by atoms with E-state index in [-0.39, 0.29) is 12.3 Å². The summed E-state index contributed by atoms with van der Waals surface area (Å²) in [6, 6.07) is 13.5. The van der Waals surface area contributed by atoms with Gasteiger partial charge in [0.05, 0.1) is 20.1 Å². The monoisotopic (exact) mass is 430 g/mol. The van der Waals surface area contributed by atoms with E-state index in [1.807, 2.05) is 6.07 Å². The zero-order valence-electron chi connectivity index (χ0n) is 12.4. The van der Waals surface area contributed by atoms with Gasteiger partial charge in [-0.05, 0) is 51.9 Å². The molecular weight excluding hydrogens is 419 g/mol. The highest BCUT2D eigenvalue weighted by molar-refractivity contribution is 14.1. The van der Waals surface area contributed by atoms with E-state index in [9.17, 15) is 15.4 Å².